The first-order valence-electron chi connectivity index (χ1n) is 5.59. The number of hydrogen-bond acceptors (Lipinski definition) is 2. The molecule has 2 N–H and O–H groups in total. The number of ether oxygens (including phenoxy) is 1. The van der Waals surface area contributed by atoms with Crippen LogP contribution in [0.4, 0.5) is 5.82 Å². The fourth-order valence-corrected chi connectivity index (χ4v) is 2.24. The van der Waals surface area contributed by atoms with Gasteiger partial charge in [0.1, 0.15) is 11.6 Å². The van der Waals surface area contributed by atoms with E-state index in [4.69, 9.17) is 10.5 Å². The second-order valence-corrected chi connectivity index (χ2v) is 4.11. The number of hydrogen-bond donors (Lipinski definition) is 1. The van der Waals surface area contributed by atoms with Crippen molar-refractivity contribution in [1.82, 2.24) is 4.57 Å². The topological polar surface area (TPSA) is 40.2 Å². The maximum Gasteiger partial charge on any atom is 0.118 e. The van der Waals surface area contributed by atoms with Crippen molar-refractivity contribution in [3.8, 4) is 16.9 Å². The summed E-state index contributed by atoms with van der Waals surface area (Å²) < 4.78 is 7.27. The van der Waals surface area contributed by atoms with E-state index in [1.807, 2.05) is 18.2 Å². The fourth-order valence-electron chi connectivity index (χ4n) is 2.24. The zero-order valence-electron chi connectivity index (χ0n) is 9.68. The molecule has 0 unspecified atom stereocenters. The van der Waals surface area contributed by atoms with Gasteiger partial charge < -0.3 is 15.0 Å². The van der Waals surface area contributed by atoms with Crippen molar-refractivity contribution in [2.45, 2.75) is 6.54 Å². The molecular formula is C14H14N2O. The molecule has 0 atom stereocenters. The highest BCUT2D eigenvalue weighted by Gasteiger charge is 2.15. The number of allylic oxidation sites excluding steroid dienone is 1. The smallest absolute Gasteiger partial charge is 0.118 e. The molecule has 1 aliphatic heterocycles. The van der Waals surface area contributed by atoms with Gasteiger partial charge in [-0.05, 0) is 29.8 Å². The molecule has 0 spiro atoms. The highest BCUT2D eigenvalue weighted by Crippen LogP contribution is 2.33. The Balaban J connectivity index is 2.09. The van der Waals surface area contributed by atoms with E-state index in [-0.39, 0.29) is 0 Å². The Bertz CT molecular complexity index is 579. The van der Waals surface area contributed by atoms with Gasteiger partial charge >= 0.3 is 0 Å². The van der Waals surface area contributed by atoms with Gasteiger partial charge in [0.2, 0.25) is 0 Å². The number of nitrogen functional groups attached to an aromatic ring is 1. The van der Waals surface area contributed by atoms with Gasteiger partial charge in [0, 0.05) is 12.1 Å². The van der Waals surface area contributed by atoms with Crippen LogP contribution >= 0.6 is 0 Å². The molecule has 86 valence electrons. The van der Waals surface area contributed by atoms with Gasteiger partial charge in [-0.25, -0.2) is 0 Å². The SMILES string of the molecule is COc1ccc(-c2cc(N)n3c2C=CC3)cc1. The van der Waals surface area contributed by atoms with Gasteiger partial charge in [-0.1, -0.05) is 18.2 Å². The Labute approximate surface area is 100 Å². The van der Waals surface area contributed by atoms with Crippen molar-refractivity contribution in [1.29, 1.82) is 0 Å². The van der Waals surface area contributed by atoms with Crippen LogP contribution in [0.25, 0.3) is 17.2 Å². The average molecular weight is 226 g/mol. The molecule has 0 saturated carbocycles. The summed E-state index contributed by atoms with van der Waals surface area (Å²) in [5, 5.41) is 0. The van der Waals surface area contributed by atoms with Gasteiger partial charge in [-0.15, -0.1) is 0 Å². The monoisotopic (exact) mass is 226 g/mol. The lowest BCUT2D eigenvalue weighted by Gasteiger charge is -2.03. The summed E-state index contributed by atoms with van der Waals surface area (Å²) in [6, 6.07) is 10.1. The highest BCUT2D eigenvalue weighted by molar-refractivity contribution is 5.79. The first-order valence-corrected chi connectivity index (χ1v) is 5.59. The third-order valence-corrected chi connectivity index (χ3v) is 3.14. The molecule has 2 aromatic rings. The number of fused-ring (bicyclic) bond motifs is 1. The molecular weight excluding hydrogens is 212 g/mol. The summed E-state index contributed by atoms with van der Waals surface area (Å²) in [4.78, 5) is 0. The Hall–Kier alpha value is -2.16. The average Bonchev–Trinajstić information content (AvgIpc) is 2.94. The second kappa shape index (κ2) is 3.70. The van der Waals surface area contributed by atoms with Gasteiger partial charge in [-0.3, -0.25) is 0 Å². The summed E-state index contributed by atoms with van der Waals surface area (Å²) in [6.45, 7) is 0.872. The van der Waals surface area contributed by atoms with Crippen LogP contribution in [-0.4, -0.2) is 11.7 Å². The van der Waals surface area contributed by atoms with Crippen molar-refractivity contribution in [2.24, 2.45) is 0 Å². The van der Waals surface area contributed by atoms with Gasteiger partial charge in [0.15, 0.2) is 0 Å². The lowest BCUT2D eigenvalue weighted by molar-refractivity contribution is 0.415. The lowest BCUT2D eigenvalue weighted by Crippen LogP contribution is -1.98. The largest absolute Gasteiger partial charge is 0.497 e. The normalized spacial score (nSPS) is 12.8. The molecule has 3 nitrogen and oxygen atoms in total. The maximum atomic E-state index is 5.98. The predicted octanol–water partition coefficient (Wildman–Crippen LogP) is 2.77. The van der Waals surface area contributed by atoms with Crippen molar-refractivity contribution in [3.63, 3.8) is 0 Å². The summed E-state index contributed by atoms with van der Waals surface area (Å²) in [5.74, 6) is 1.68. The van der Waals surface area contributed by atoms with Crippen LogP contribution in [-0.2, 0) is 6.54 Å². The van der Waals surface area contributed by atoms with Crippen molar-refractivity contribution < 1.29 is 4.74 Å². The summed E-state index contributed by atoms with van der Waals surface area (Å²) in [7, 11) is 1.67. The van der Waals surface area contributed by atoms with Gasteiger partial charge in [-0.2, -0.15) is 0 Å². The summed E-state index contributed by atoms with van der Waals surface area (Å²) in [5.41, 5.74) is 9.52. The molecule has 0 fully saturated rings. The standard InChI is InChI=1S/C14H14N2O/c1-17-11-6-4-10(5-7-11)12-9-14(15)16-8-2-3-13(12)16/h2-7,9H,8,15H2,1H3. The molecule has 0 radical (unpaired) electrons. The molecule has 1 aliphatic rings. The van der Waals surface area contributed by atoms with Crippen LogP contribution in [0, 0.1) is 0 Å². The van der Waals surface area contributed by atoms with E-state index in [1.165, 1.54) is 11.3 Å². The van der Waals surface area contributed by atoms with Gasteiger partial charge in [0.05, 0.1) is 12.8 Å². The van der Waals surface area contributed by atoms with E-state index in [9.17, 15) is 0 Å². The van der Waals surface area contributed by atoms with Crippen LogP contribution in [0.3, 0.4) is 0 Å². The first kappa shape index (κ1) is 10.0. The molecule has 0 saturated heterocycles. The lowest BCUT2D eigenvalue weighted by atomic mass is 10.1. The first-order chi connectivity index (χ1) is 8.29. The number of methoxy groups -OCH3 is 1. The Morgan fingerprint density at radius 1 is 1.24 bits per heavy atom. The minimum atomic E-state index is 0.816. The van der Waals surface area contributed by atoms with E-state index in [1.54, 1.807) is 7.11 Å². The molecule has 3 heteroatoms. The van der Waals surface area contributed by atoms with Crippen LogP contribution in [0.15, 0.2) is 36.4 Å². The third-order valence-electron chi connectivity index (χ3n) is 3.14. The van der Waals surface area contributed by atoms with Gasteiger partial charge in [0.25, 0.3) is 0 Å². The van der Waals surface area contributed by atoms with E-state index in [2.05, 4.69) is 28.9 Å². The number of nitrogens with zero attached hydrogens (tertiary/aromatic N) is 1. The van der Waals surface area contributed by atoms with Crippen LogP contribution < -0.4 is 10.5 Å². The van der Waals surface area contributed by atoms with Crippen molar-refractivity contribution in [2.75, 3.05) is 12.8 Å². The fraction of sp³-hybridized carbons (Fsp3) is 0.143. The molecule has 1 aromatic heterocycles. The Morgan fingerprint density at radius 3 is 2.71 bits per heavy atom. The molecule has 0 amide bonds. The maximum absolute atomic E-state index is 5.98. The molecule has 0 aliphatic carbocycles. The van der Waals surface area contributed by atoms with E-state index < -0.39 is 0 Å². The van der Waals surface area contributed by atoms with E-state index in [0.717, 1.165) is 23.7 Å². The number of anilines is 1. The number of nitrogens with two attached hydrogens (primary N) is 1. The molecule has 2 heterocycles. The zero-order valence-corrected chi connectivity index (χ0v) is 9.68. The Kier molecular flexibility index (Phi) is 2.18. The summed E-state index contributed by atoms with van der Waals surface area (Å²) in [6.07, 6.45) is 4.24. The van der Waals surface area contributed by atoms with E-state index in [0.29, 0.717) is 0 Å². The number of aromatic nitrogens is 1. The van der Waals surface area contributed by atoms with Crippen LogP contribution in [0.2, 0.25) is 0 Å². The molecule has 3 rings (SSSR count). The Morgan fingerprint density at radius 2 is 2.00 bits per heavy atom. The minimum Gasteiger partial charge on any atom is -0.497 e. The number of rotatable bonds is 2. The van der Waals surface area contributed by atoms with Crippen molar-refractivity contribution >= 4 is 11.9 Å². The zero-order chi connectivity index (χ0) is 11.8. The molecule has 17 heavy (non-hydrogen) atoms. The number of benzene rings is 1. The quantitative estimate of drug-likeness (QED) is 0.855. The van der Waals surface area contributed by atoms with Crippen LogP contribution in [0.5, 0.6) is 5.75 Å². The van der Waals surface area contributed by atoms with E-state index >= 15 is 0 Å². The third kappa shape index (κ3) is 1.51. The summed E-state index contributed by atoms with van der Waals surface area (Å²) >= 11 is 0. The predicted molar refractivity (Wildman–Crippen MR) is 69.9 cm³/mol. The molecule has 0 bridgehead atoms. The van der Waals surface area contributed by atoms with Crippen molar-refractivity contribution in [3.05, 3.63) is 42.1 Å². The minimum absolute atomic E-state index is 0.816. The second-order valence-electron chi connectivity index (χ2n) is 4.11. The van der Waals surface area contributed by atoms with Crippen LogP contribution in [0.1, 0.15) is 5.69 Å². The molecule has 1 aromatic carbocycles. The highest BCUT2D eigenvalue weighted by atomic mass is 16.5.